The van der Waals surface area contributed by atoms with Crippen molar-refractivity contribution in [3.63, 3.8) is 0 Å². The van der Waals surface area contributed by atoms with Gasteiger partial charge in [0.15, 0.2) is 5.78 Å². The Bertz CT molecular complexity index is 610. The predicted octanol–water partition coefficient (Wildman–Crippen LogP) is 3.31. The number of hydrazone groups is 1. The van der Waals surface area contributed by atoms with Gasteiger partial charge in [0, 0.05) is 31.5 Å². The lowest BCUT2D eigenvalue weighted by atomic mass is 9.87. The van der Waals surface area contributed by atoms with Crippen LogP contribution in [-0.2, 0) is 4.79 Å². The maximum absolute atomic E-state index is 12.5. The van der Waals surface area contributed by atoms with Crippen LogP contribution < -0.4 is 4.74 Å². The second kappa shape index (κ2) is 7.59. The number of benzene rings is 1. The molecule has 0 radical (unpaired) electrons. The molecule has 0 bridgehead atoms. The first-order chi connectivity index (χ1) is 10.6. The first-order valence-corrected chi connectivity index (χ1v) is 7.40. The van der Waals surface area contributed by atoms with Gasteiger partial charge in [-0.1, -0.05) is 12.1 Å². The molecular weight excluding hydrogens is 276 g/mol. The Morgan fingerprint density at radius 3 is 2.45 bits per heavy atom. The van der Waals surface area contributed by atoms with Crippen molar-refractivity contribution in [2.75, 3.05) is 21.2 Å². The molecule has 0 atom stereocenters. The third-order valence-corrected chi connectivity index (χ3v) is 3.51. The summed E-state index contributed by atoms with van der Waals surface area (Å²) in [5.41, 5.74) is 2.71. The number of carbonyl (C=O) groups excluding carboxylic acids is 1. The smallest absolute Gasteiger partial charge is 0.185 e. The predicted molar refractivity (Wildman–Crippen MR) is 90.1 cm³/mol. The summed E-state index contributed by atoms with van der Waals surface area (Å²) in [6.07, 6.45) is 8.12. The van der Waals surface area contributed by atoms with Gasteiger partial charge in [-0.2, -0.15) is 5.10 Å². The highest BCUT2D eigenvalue weighted by Crippen LogP contribution is 2.26. The molecule has 22 heavy (non-hydrogen) atoms. The van der Waals surface area contributed by atoms with Gasteiger partial charge in [0.2, 0.25) is 0 Å². The fraction of sp³-hybridized carbons (Fsp3) is 0.333. The fourth-order valence-electron chi connectivity index (χ4n) is 2.36. The van der Waals surface area contributed by atoms with E-state index < -0.39 is 0 Å². The van der Waals surface area contributed by atoms with Crippen LogP contribution in [0.2, 0.25) is 0 Å². The Hall–Kier alpha value is -2.36. The Morgan fingerprint density at radius 1 is 1.14 bits per heavy atom. The monoisotopic (exact) mass is 298 g/mol. The standard InChI is InChI=1S/C18H22N2O2/c1-20(2)19-12-11-15-5-4-6-16(18(15)21)13-14-7-9-17(22-3)10-8-14/h7-13H,4-6H2,1-3H3/b15-11+,16-13+,19-12?. The van der Waals surface area contributed by atoms with Crippen molar-refractivity contribution in [2.24, 2.45) is 5.10 Å². The highest BCUT2D eigenvalue weighted by Gasteiger charge is 2.19. The van der Waals surface area contributed by atoms with E-state index in [9.17, 15) is 4.79 Å². The molecule has 1 aromatic rings. The van der Waals surface area contributed by atoms with Crippen LogP contribution in [0.4, 0.5) is 0 Å². The topological polar surface area (TPSA) is 41.9 Å². The number of nitrogens with zero attached hydrogens (tertiary/aromatic N) is 2. The van der Waals surface area contributed by atoms with Crippen molar-refractivity contribution in [1.82, 2.24) is 5.01 Å². The zero-order chi connectivity index (χ0) is 15.9. The average Bonchev–Trinajstić information content (AvgIpc) is 2.51. The van der Waals surface area contributed by atoms with Crippen molar-refractivity contribution in [3.8, 4) is 5.75 Å². The second-order valence-electron chi connectivity index (χ2n) is 5.43. The Labute approximate surface area is 131 Å². The molecule has 1 aliphatic carbocycles. The summed E-state index contributed by atoms with van der Waals surface area (Å²) in [5, 5.41) is 5.83. The molecule has 0 aromatic heterocycles. The number of allylic oxidation sites excluding steroid dienone is 3. The second-order valence-corrected chi connectivity index (χ2v) is 5.43. The SMILES string of the molecule is COc1ccc(/C=C2\CCC/C(=C\C=NN(C)C)C2=O)cc1. The summed E-state index contributed by atoms with van der Waals surface area (Å²) < 4.78 is 5.15. The molecule has 4 nitrogen and oxygen atoms in total. The molecular formula is C18H22N2O2. The molecule has 0 spiro atoms. The summed E-state index contributed by atoms with van der Waals surface area (Å²) in [4.78, 5) is 12.5. The van der Waals surface area contributed by atoms with Gasteiger partial charge >= 0.3 is 0 Å². The van der Waals surface area contributed by atoms with Crippen LogP contribution in [0.1, 0.15) is 24.8 Å². The molecule has 0 aliphatic heterocycles. The van der Waals surface area contributed by atoms with Crippen LogP contribution in [0.3, 0.4) is 0 Å². The van der Waals surface area contributed by atoms with E-state index in [0.717, 1.165) is 41.7 Å². The van der Waals surface area contributed by atoms with E-state index >= 15 is 0 Å². The minimum atomic E-state index is 0.132. The molecule has 0 N–H and O–H groups in total. The number of ether oxygens (including phenoxy) is 1. The molecule has 1 aromatic carbocycles. The third-order valence-electron chi connectivity index (χ3n) is 3.51. The lowest BCUT2D eigenvalue weighted by Gasteiger charge is -2.16. The minimum absolute atomic E-state index is 0.132. The quantitative estimate of drug-likeness (QED) is 0.486. The van der Waals surface area contributed by atoms with Gasteiger partial charge in [-0.25, -0.2) is 0 Å². The van der Waals surface area contributed by atoms with E-state index in [2.05, 4.69) is 5.10 Å². The molecule has 2 rings (SSSR count). The molecule has 1 aliphatic rings. The Morgan fingerprint density at radius 2 is 1.82 bits per heavy atom. The van der Waals surface area contributed by atoms with Gasteiger partial charge in [-0.05, 0) is 49.1 Å². The van der Waals surface area contributed by atoms with E-state index in [-0.39, 0.29) is 5.78 Å². The van der Waals surface area contributed by atoms with E-state index in [0.29, 0.717) is 0 Å². The first-order valence-electron chi connectivity index (χ1n) is 7.40. The maximum atomic E-state index is 12.5. The van der Waals surface area contributed by atoms with E-state index in [1.54, 1.807) is 18.3 Å². The van der Waals surface area contributed by atoms with Crippen LogP contribution in [0, 0.1) is 0 Å². The number of methoxy groups -OCH3 is 1. The molecule has 4 heteroatoms. The molecule has 1 saturated carbocycles. The number of hydrogen-bond donors (Lipinski definition) is 0. The summed E-state index contributed by atoms with van der Waals surface area (Å²) >= 11 is 0. The molecule has 0 amide bonds. The van der Waals surface area contributed by atoms with E-state index in [1.807, 2.05) is 50.5 Å². The molecule has 0 saturated heterocycles. The molecule has 0 unspecified atom stereocenters. The summed E-state index contributed by atoms with van der Waals surface area (Å²) in [6.45, 7) is 0. The normalized spacial score (nSPS) is 19.1. The van der Waals surface area contributed by atoms with Crippen LogP contribution in [0.25, 0.3) is 6.08 Å². The highest BCUT2D eigenvalue weighted by molar-refractivity contribution is 6.13. The van der Waals surface area contributed by atoms with Crippen LogP contribution in [0.5, 0.6) is 5.75 Å². The maximum Gasteiger partial charge on any atom is 0.185 e. The molecule has 116 valence electrons. The lowest BCUT2D eigenvalue weighted by Crippen LogP contribution is -2.12. The third kappa shape index (κ3) is 4.32. The zero-order valence-electron chi connectivity index (χ0n) is 13.4. The minimum Gasteiger partial charge on any atom is -0.497 e. The Balaban J connectivity index is 2.16. The average molecular weight is 298 g/mol. The van der Waals surface area contributed by atoms with Crippen molar-refractivity contribution >= 4 is 18.1 Å². The summed E-state index contributed by atoms with van der Waals surface area (Å²) in [6, 6.07) is 7.73. The highest BCUT2D eigenvalue weighted by atomic mass is 16.5. The molecule has 0 heterocycles. The fourth-order valence-corrected chi connectivity index (χ4v) is 2.36. The zero-order valence-corrected chi connectivity index (χ0v) is 13.4. The van der Waals surface area contributed by atoms with Crippen molar-refractivity contribution in [3.05, 3.63) is 47.1 Å². The Kier molecular flexibility index (Phi) is 5.53. The van der Waals surface area contributed by atoms with E-state index in [4.69, 9.17) is 4.74 Å². The van der Waals surface area contributed by atoms with Crippen LogP contribution >= 0.6 is 0 Å². The van der Waals surface area contributed by atoms with E-state index in [1.165, 1.54) is 0 Å². The van der Waals surface area contributed by atoms with Gasteiger partial charge in [-0.3, -0.25) is 4.79 Å². The number of rotatable bonds is 4. The first kappa shape index (κ1) is 16.0. The van der Waals surface area contributed by atoms with Crippen molar-refractivity contribution < 1.29 is 9.53 Å². The van der Waals surface area contributed by atoms with Gasteiger partial charge in [0.1, 0.15) is 5.75 Å². The van der Waals surface area contributed by atoms with Gasteiger partial charge < -0.3 is 9.75 Å². The molecule has 1 fully saturated rings. The summed E-state index contributed by atoms with van der Waals surface area (Å²) in [5.74, 6) is 0.949. The van der Waals surface area contributed by atoms with Crippen LogP contribution in [0.15, 0.2) is 46.6 Å². The van der Waals surface area contributed by atoms with Crippen molar-refractivity contribution in [1.29, 1.82) is 0 Å². The van der Waals surface area contributed by atoms with Crippen LogP contribution in [-0.4, -0.2) is 38.2 Å². The van der Waals surface area contributed by atoms with Crippen molar-refractivity contribution in [2.45, 2.75) is 19.3 Å². The van der Waals surface area contributed by atoms with Gasteiger partial charge in [-0.15, -0.1) is 0 Å². The number of carbonyl (C=O) groups is 1. The largest absolute Gasteiger partial charge is 0.497 e. The van der Waals surface area contributed by atoms with Gasteiger partial charge in [0.25, 0.3) is 0 Å². The van der Waals surface area contributed by atoms with Gasteiger partial charge in [0.05, 0.1) is 7.11 Å². The lowest BCUT2D eigenvalue weighted by molar-refractivity contribution is -0.112. The number of Topliss-reactive ketones (excluding diaryl/α,β-unsaturated/α-hetero) is 1. The number of ketones is 1. The summed E-state index contributed by atoms with van der Waals surface area (Å²) in [7, 11) is 5.35. The number of hydrogen-bond acceptors (Lipinski definition) is 4.